The minimum Gasteiger partial charge on any atom is -0.870 e. The molecule has 0 aliphatic carbocycles. The number of hydrogen-bond donors (Lipinski definition) is 1. The van der Waals surface area contributed by atoms with E-state index in [-0.39, 0.29) is 73.5 Å². The van der Waals surface area contributed by atoms with Crippen molar-refractivity contribution in [3.63, 3.8) is 0 Å². The molecule has 0 bridgehead atoms. The Hall–Kier alpha value is -0.414. The van der Waals surface area contributed by atoms with Crippen LogP contribution < -0.4 is 61.2 Å². The first kappa shape index (κ1) is 26.6. The van der Waals surface area contributed by atoms with E-state index in [1.54, 1.807) is 12.1 Å². The van der Waals surface area contributed by atoms with Gasteiger partial charge in [-0.1, -0.05) is 81.9 Å². The van der Waals surface area contributed by atoms with Gasteiger partial charge in [0.2, 0.25) is 0 Å². The largest absolute Gasteiger partial charge is 1.00 e. The molecular formula is C22H29KO5S. The summed E-state index contributed by atoms with van der Waals surface area (Å²) in [7, 11) is -4.33. The molecule has 0 unspecified atom stereocenters. The summed E-state index contributed by atoms with van der Waals surface area (Å²) in [5, 5.41) is 12.3. The molecule has 1 N–H and O–H groups in total. The van der Waals surface area contributed by atoms with Crippen molar-refractivity contribution in [1.82, 2.24) is 0 Å². The number of para-hydroxylation sites is 1. The zero-order valence-corrected chi connectivity index (χ0v) is 21.3. The van der Waals surface area contributed by atoms with Crippen molar-refractivity contribution in [1.29, 1.82) is 0 Å². The van der Waals surface area contributed by atoms with Gasteiger partial charge < -0.3 is 9.84 Å². The standard InChI is InChI=1S/C22H30O5S.K/c1-2-3-4-5-6-7-8-9-12-18-13-10-16-21(23)22(18)27-19-14-11-15-20(17-19)28(24,25)26;/h10-11,13-17,23H,2-9,12H2,1H3,(H,24,25,26);/q;+1/p-1. The van der Waals surface area contributed by atoms with E-state index >= 15 is 0 Å². The first-order valence-electron chi connectivity index (χ1n) is 9.96. The summed E-state index contributed by atoms with van der Waals surface area (Å²) < 4.78 is 37.5. The summed E-state index contributed by atoms with van der Waals surface area (Å²) in [6.45, 7) is 2.21. The van der Waals surface area contributed by atoms with Crippen molar-refractivity contribution in [2.24, 2.45) is 0 Å². The molecule has 0 amide bonds. The van der Waals surface area contributed by atoms with Gasteiger partial charge in [-0.15, -0.1) is 0 Å². The van der Waals surface area contributed by atoms with Gasteiger partial charge in [0, 0.05) is 6.07 Å². The SMILES string of the molecule is CCCCCCCCCCc1cccc([O-])c1Oc1cccc(S(=O)(=O)O)c1.[K+]. The Morgan fingerprint density at radius 1 is 0.931 bits per heavy atom. The van der Waals surface area contributed by atoms with Gasteiger partial charge in [0.1, 0.15) is 11.5 Å². The number of hydrogen-bond acceptors (Lipinski definition) is 4. The molecular weight excluding hydrogens is 415 g/mol. The van der Waals surface area contributed by atoms with Crippen molar-refractivity contribution in [2.45, 2.75) is 69.6 Å². The van der Waals surface area contributed by atoms with Crippen LogP contribution in [0.5, 0.6) is 17.2 Å². The van der Waals surface area contributed by atoms with Gasteiger partial charge in [0.05, 0.1) is 4.90 Å². The van der Waals surface area contributed by atoms with Gasteiger partial charge in [-0.25, -0.2) is 0 Å². The van der Waals surface area contributed by atoms with E-state index in [0.717, 1.165) is 24.8 Å². The number of benzene rings is 2. The summed E-state index contributed by atoms with van der Waals surface area (Å²) in [5.41, 5.74) is 0.816. The Kier molecular flexibility index (Phi) is 12.7. The van der Waals surface area contributed by atoms with E-state index in [9.17, 15) is 18.1 Å². The topological polar surface area (TPSA) is 86.7 Å². The fourth-order valence-electron chi connectivity index (χ4n) is 3.14. The van der Waals surface area contributed by atoms with Crippen LogP contribution in [0.25, 0.3) is 0 Å². The number of ether oxygens (including phenoxy) is 1. The number of aryl methyl sites for hydroxylation is 1. The van der Waals surface area contributed by atoms with Crippen LogP contribution in [0.4, 0.5) is 0 Å². The van der Waals surface area contributed by atoms with Crippen molar-refractivity contribution in [3.8, 4) is 17.2 Å². The summed E-state index contributed by atoms with van der Waals surface area (Å²) >= 11 is 0. The molecule has 0 saturated heterocycles. The second-order valence-corrected chi connectivity index (χ2v) is 8.44. The van der Waals surface area contributed by atoms with Gasteiger partial charge in [0.25, 0.3) is 10.1 Å². The third kappa shape index (κ3) is 9.51. The predicted molar refractivity (Wildman–Crippen MR) is 109 cm³/mol. The first-order chi connectivity index (χ1) is 13.4. The molecule has 0 aliphatic rings. The molecule has 0 fully saturated rings. The molecule has 0 radical (unpaired) electrons. The zero-order chi connectivity index (χ0) is 20.4. The van der Waals surface area contributed by atoms with E-state index < -0.39 is 10.1 Å². The molecule has 29 heavy (non-hydrogen) atoms. The summed E-state index contributed by atoms with van der Waals surface area (Å²) in [6, 6.07) is 10.5. The van der Waals surface area contributed by atoms with Crippen LogP contribution in [0.15, 0.2) is 47.4 Å². The van der Waals surface area contributed by atoms with Crippen molar-refractivity contribution in [3.05, 3.63) is 48.0 Å². The minimum atomic E-state index is -4.33. The Bertz CT molecular complexity index is 852. The molecule has 0 heterocycles. The normalized spacial score (nSPS) is 11.1. The Morgan fingerprint density at radius 2 is 1.55 bits per heavy atom. The summed E-state index contributed by atoms with van der Waals surface area (Å²) in [5.74, 6) is 0.183. The maximum absolute atomic E-state index is 12.3. The average molecular weight is 445 g/mol. The van der Waals surface area contributed by atoms with Gasteiger partial charge in [-0.05, 0) is 30.5 Å². The maximum Gasteiger partial charge on any atom is 1.00 e. The molecule has 0 spiro atoms. The summed E-state index contributed by atoms with van der Waals surface area (Å²) in [6.07, 6.45) is 10.4. The fraction of sp³-hybridized carbons (Fsp3) is 0.455. The van der Waals surface area contributed by atoms with Crippen LogP contribution >= 0.6 is 0 Å². The quantitative estimate of drug-likeness (QED) is 0.309. The van der Waals surface area contributed by atoms with Crippen LogP contribution in [-0.2, 0) is 16.5 Å². The molecule has 0 saturated carbocycles. The zero-order valence-electron chi connectivity index (χ0n) is 17.4. The Morgan fingerprint density at radius 3 is 2.21 bits per heavy atom. The Labute approximate surface area is 217 Å². The number of rotatable bonds is 12. The van der Waals surface area contributed by atoms with Crippen LogP contribution in [0.2, 0.25) is 0 Å². The van der Waals surface area contributed by atoms with Gasteiger partial charge in [0.15, 0.2) is 0 Å². The molecule has 0 atom stereocenters. The maximum atomic E-state index is 12.3. The molecule has 0 aliphatic heterocycles. The molecule has 0 aromatic heterocycles. The molecule has 2 rings (SSSR count). The van der Waals surface area contributed by atoms with Crippen LogP contribution in [-0.4, -0.2) is 13.0 Å². The average Bonchev–Trinajstić information content (AvgIpc) is 2.66. The molecule has 7 heteroatoms. The van der Waals surface area contributed by atoms with E-state index in [0.29, 0.717) is 0 Å². The van der Waals surface area contributed by atoms with E-state index in [2.05, 4.69) is 6.92 Å². The van der Waals surface area contributed by atoms with Crippen LogP contribution in [0, 0.1) is 0 Å². The van der Waals surface area contributed by atoms with Crippen molar-refractivity contribution < 1.29 is 74.2 Å². The van der Waals surface area contributed by atoms with Crippen molar-refractivity contribution >= 4 is 10.1 Å². The second kappa shape index (κ2) is 13.8. The van der Waals surface area contributed by atoms with Crippen molar-refractivity contribution in [2.75, 3.05) is 0 Å². The monoisotopic (exact) mass is 444 g/mol. The van der Waals surface area contributed by atoms with E-state index in [1.165, 1.54) is 62.8 Å². The molecule has 5 nitrogen and oxygen atoms in total. The van der Waals surface area contributed by atoms with Gasteiger partial charge >= 0.3 is 51.4 Å². The van der Waals surface area contributed by atoms with E-state index in [1.807, 2.05) is 6.07 Å². The molecule has 2 aromatic rings. The van der Waals surface area contributed by atoms with Crippen LogP contribution in [0.3, 0.4) is 0 Å². The third-order valence-corrected chi connectivity index (χ3v) is 5.53. The predicted octanol–water partition coefficient (Wildman–Crippen LogP) is 2.49. The van der Waals surface area contributed by atoms with Gasteiger partial charge in [-0.2, -0.15) is 8.42 Å². The fourth-order valence-corrected chi connectivity index (χ4v) is 3.65. The minimum absolute atomic E-state index is 0. The Balaban J connectivity index is 0.00000420. The molecule has 2 aromatic carbocycles. The number of unbranched alkanes of at least 4 members (excludes halogenated alkanes) is 7. The first-order valence-corrected chi connectivity index (χ1v) is 11.4. The second-order valence-electron chi connectivity index (χ2n) is 7.02. The van der Waals surface area contributed by atoms with E-state index in [4.69, 9.17) is 4.74 Å². The van der Waals surface area contributed by atoms with Crippen LogP contribution in [0.1, 0.15) is 63.9 Å². The summed E-state index contributed by atoms with van der Waals surface area (Å²) in [4.78, 5) is -0.266. The molecule has 154 valence electrons. The van der Waals surface area contributed by atoms with Gasteiger partial charge in [-0.3, -0.25) is 4.55 Å². The third-order valence-electron chi connectivity index (χ3n) is 4.68. The smallest absolute Gasteiger partial charge is 0.870 e.